The Morgan fingerprint density at radius 2 is 2.00 bits per heavy atom. The monoisotopic (exact) mass is 370 g/mol. The molecular formula is C17H24Cl2N4O. The van der Waals surface area contributed by atoms with E-state index in [0.717, 1.165) is 55.6 Å². The van der Waals surface area contributed by atoms with Crippen molar-refractivity contribution >= 4 is 41.8 Å². The van der Waals surface area contributed by atoms with Crippen molar-refractivity contribution in [2.75, 3.05) is 19.6 Å². The van der Waals surface area contributed by atoms with Crippen LogP contribution in [0.15, 0.2) is 24.3 Å². The predicted octanol–water partition coefficient (Wildman–Crippen LogP) is 2.45. The molecule has 1 saturated carbocycles. The largest absolute Gasteiger partial charge is 0.355 e. The fourth-order valence-electron chi connectivity index (χ4n) is 3.75. The zero-order chi connectivity index (χ0) is 15.0. The molecule has 1 aliphatic carbocycles. The first kappa shape index (κ1) is 19.0. The number of hydrogen-bond acceptors (Lipinski definition) is 3. The zero-order valence-corrected chi connectivity index (χ0v) is 15.1. The van der Waals surface area contributed by atoms with Gasteiger partial charge in [0.2, 0.25) is 5.91 Å². The molecule has 24 heavy (non-hydrogen) atoms. The summed E-state index contributed by atoms with van der Waals surface area (Å²) in [5, 5.41) is 6.46. The number of piperidine rings is 1. The molecule has 7 heteroatoms. The van der Waals surface area contributed by atoms with Gasteiger partial charge < -0.3 is 15.6 Å². The number of amides is 1. The van der Waals surface area contributed by atoms with Crippen molar-refractivity contribution in [2.24, 2.45) is 11.3 Å². The summed E-state index contributed by atoms with van der Waals surface area (Å²) < 4.78 is 0. The maximum absolute atomic E-state index is 12.3. The Morgan fingerprint density at radius 3 is 2.75 bits per heavy atom. The predicted molar refractivity (Wildman–Crippen MR) is 99.9 cm³/mol. The van der Waals surface area contributed by atoms with Gasteiger partial charge in [0, 0.05) is 18.9 Å². The van der Waals surface area contributed by atoms with Gasteiger partial charge in [0.1, 0.15) is 5.82 Å². The number of hydrogen-bond donors (Lipinski definition) is 3. The number of imidazole rings is 1. The fraction of sp³-hybridized carbons (Fsp3) is 0.529. The Morgan fingerprint density at radius 1 is 1.25 bits per heavy atom. The molecule has 1 unspecified atom stereocenters. The van der Waals surface area contributed by atoms with Crippen LogP contribution in [0.5, 0.6) is 0 Å². The van der Waals surface area contributed by atoms with Crippen LogP contribution in [-0.4, -0.2) is 35.5 Å². The Bertz CT molecular complexity index is 664. The van der Waals surface area contributed by atoms with Crippen molar-refractivity contribution in [1.29, 1.82) is 0 Å². The van der Waals surface area contributed by atoms with Crippen LogP contribution in [0.25, 0.3) is 11.0 Å². The van der Waals surface area contributed by atoms with E-state index in [2.05, 4.69) is 20.6 Å². The van der Waals surface area contributed by atoms with Crippen LogP contribution >= 0.6 is 24.8 Å². The van der Waals surface area contributed by atoms with Gasteiger partial charge >= 0.3 is 0 Å². The Kier molecular flexibility index (Phi) is 6.12. The second-order valence-electron chi connectivity index (χ2n) is 6.61. The number of nitrogens with zero attached hydrogens (tertiary/aromatic N) is 1. The number of carbonyl (C=O) groups excluding carboxylic acids is 1. The molecule has 2 fully saturated rings. The number of aromatic amines is 1. The van der Waals surface area contributed by atoms with E-state index in [9.17, 15) is 4.79 Å². The van der Waals surface area contributed by atoms with Gasteiger partial charge in [0.05, 0.1) is 11.0 Å². The topological polar surface area (TPSA) is 69.8 Å². The summed E-state index contributed by atoms with van der Waals surface area (Å²) in [7, 11) is 0. The van der Waals surface area contributed by atoms with Crippen LogP contribution < -0.4 is 10.6 Å². The molecule has 1 spiro atoms. The molecule has 132 valence electrons. The molecule has 5 nitrogen and oxygen atoms in total. The molecule has 1 atom stereocenters. The van der Waals surface area contributed by atoms with Crippen LogP contribution in [0.2, 0.25) is 0 Å². The molecule has 2 heterocycles. The number of fused-ring (bicyclic) bond motifs is 1. The van der Waals surface area contributed by atoms with Crippen LogP contribution in [0.3, 0.4) is 0 Å². The van der Waals surface area contributed by atoms with Crippen LogP contribution in [0.1, 0.15) is 25.1 Å². The molecule has 1 aromatic carbocycles. The van der Waals surface area contributed by atoms with E-state index in [1.165, 1.54) is 0 Å². The molecule has 1 aromatic heterocycles. The maximum atomic E-state index is 12.3. The summed E-state index contributed by atoms with van der Waals surface area (Å²) in [6.07, 6.45) is 4.12. The highest BCUT2D eigenvalue weighted by molar-refractivity contribution is 5.85. The van der Waals surface area contributed by atoms with Crippen LogP contribution in [0.4, 0.5) is 0 Å². The molecule has 0 bridgehead atoms. The summed E-state index contributed by atoms with van der Waals surface area (Å²) in [6.45, 7) is 2.77. The molecule has 2 aliphatic rings. The number of H-pyrrole nitrogens is 1. The molecule has 1 aliphatic heterocycles. The maximum Gasteiger partial charge on any atom is 0.223 e. The lowest BCUT2D eigenvalue weighted by molar-refractivity contribution is -0.123. The van der Waals surface area contributed by atoms with Crippen molar-refractivity contribution in [2.45, 2.75) is 25.7 Å². The third-order valence-corrected chi connectivity index (χ3v) is 5.21. The average molecular weight is 371 g/mol. The number of nitrogens with one attached hydrogen (secondary N) is 3. The third kappa shape index (κ3) is 3.68. The van der Waals surface area contributed by atoms with Gasteiger partial charge in [0.15, 0.2) is 0 Å². The molecule has 0 radical (unpaired) electrons. The second kappa shape index (κ2) is 7.72. The van der Waals surface area contributed by atoms with Crippen LogP contribution in [-0.2, 0) is 11.2 Å². The highest BCUT2D eigenvalue weighted by Crippen LogP contribution is 2.58. The van der Waals surface area contributed by atoms with E-state index in [4.69, 9.17) is 0 Å². The molecule has 1 saturated heterocycles. The minimum Gasteiger partial charge on any atom is -0.355 e. The van der Waals surface area contributed by atoms with Gasteiger partial charge in [-0.15, -0.1) is 24.8 Å². The van der Waals surface area contributed by atoms with Gasteiger partial charge in [-0.25, -0.2) is 4.98 Å². The van der Waals surface area contributed by atoms with Gasteiger partial charge in [0.25, 0.3) is 0 Å². The Hall–Kier alpha value is -1.30. The van der Waals surface area contributed by atoms with Gasteiger partial charge in [-0.3, -0.25) is 4.79 Å². The minimum absolute atomic E-state index is 0. The number of aromatic nitrogens is 2. The van der Waals surface area contributed by atoms with E-state index >= 15 is 0 Å². The quantitative estimate of drug-likeness (QED) is 0.773. The highest BCUT2D eigenvalue weighted by atomic mass is 35.5. The third-order valence-electron chi connectivity index (χ3n) is 5.21. The van der Waals surface area contributed by atoms with Crippen molar-refractivity contribution < 1.29 is 4.79 Å². The smallest absolute Gasteiger partial charge is 0.223 e. The lowest BCUT2D eigenvalue weighted by Gasteiger charge is -2.23. The first-order valence-electron chi connectivity index (χ1n) is 8.19. The summed E-state index contributed by atoms with van der Waals surface area (Å²) >= 11 is 0. The summed E-state index contributed by atoms with van der Waals surface area (Å²) in [5.41, 5.74) is 2.36. The second-order valence-corrected chi connectivity index (χ2v) is 6.61. The fourth-order valence-corrected chi connectivity index (χ4v) is 3.75. The number of para-hydroxylation sites is 2. The lowest BCUT2D eigenvalue weighted by Crippen LogP contribution is -2.34. The van der Waals surface area contributed by atoms with E-state index in [1.54, 1.807) is 0 Å². The molecular weight excluding hydrogens is 347 g/mol. The standard InChI is InChI=1S/C17H22N4O.2ClH/c22-16(12-11-17(12)6-9-18-10-7-17)19-8-5-15-20-13-3-1-2-4-14(13)21-15;;/h1-4,12,18H,5-11H2,(H,19,22)(H,20,21);2*1H. The van der Waals surface area contributed by atoms with E-state index in [1.807, 2.05) is 24.3 Å². The van der Waals surface area contributed by atoms with Crippen molar-refractivity contribution in [3.63, 3.8) is 0 Å². The number of halogens is 2. The van der Waals surface area contributed by atoms with Crippen molar-refractivity contribution in [1.82, 2.24) is 20.6 Å². The summed E-state index contributed by atoms with van der Waals surface area (Å²) in [6, 6.07) is 8.01. The van der Waals surface area contributed by atoms with Gasteiger partial charge in [-0.1, -0.05) is 12.1 Å². The normalized spacial score (nSPS) is 20.9. The molecule has 4 rings (SSSR count). The molecule has 2 aromatic rings. The Labute approximate surface area is 154 Å². The molecule has 1 amide bonds. The number of carbonyl (C=O) groups is 1. The molecule has 3 N–H and O–H groups in total. The first-order chi connectivity index (χ1) is 10.8. The highest BCUT2D eigenvalue weighted by Gasteiger charge is 2.57. The van der Waals surface area contributed by atoms with Crippen molar-refractivity contribution in [3.05, 3.63) is 30.1 Å². The lowest BCUT2D eigenvalue weighted by atomic mass is 9.92. The van der Waals surface area contributed by atoms with Crippen molar-refractivity contribution in [3.8, 4) is 0 Å². The zero-order valence-electron chi connectivity index (χ0n) is 13.5. The van der Waals surface area contributed by atoms with Gasteiger partial charge in [-0.2, -0.15) is 0 Å². The van der Waals surface area contributed by atoms with Crippen LogP contribution in [0, 0.1) is 11.3 Å². The van der Waals surface area contributed by atoms with Gasteiger partial charge in [-0.05, 0) is 49.9 Å². The van der Waals surface area contributed by atoms with E-state index in [0.29, 0.717) is 12.0 Å². The van der Waals surface area contributed by atoms with E-state index in [-0.39, 0.29) is 36.6 Å². The summed E-state index contributed by atoms with van der Waals surface area (Å²) in [4.78, 5) is 20.1. The number of rotatable bonds is 4. The minimum atomic E-state index is 0. The first-order valence-corrected chi connectivity index (χ1v) is 8.19. The average Bonchev–Trinajstić information content (AvgIpc) is 3.06. The summed E-state index contributed by atoms with van der Waals surface area (Å²) in [5.74, 6) is 1.41. The Balaban J connectivity index is 0.00000104. The SMILES string of the molecule is Cl.Cl.O=C(NCCc1nc2ccccc2[nH]1)C1CC12CCNCC2. The van der Waals surface area contributed by atoms with E-state index < -0.39 is 0 Å². The number of benzene rings is 1.